The van der Waals surface area contributed by atoms with Gasteiger partial charge in [-0.1, -0.05) is 40.7 Å². The van der Waals surface area contributed by atoms with Gasteiger partial charge in [0.2, 0.25) is 11.8 Å². The number of amides is 2. The molecule has 0 spiro atoms. The fourth-order valence-corrected chi connectivity index (χ4v) is 4.90. The third-order valence-corrected chi connectivity index (χ3v) is 7.13. The smallest absolute Gasteiger partial charge is 0.331 e. The van der Waals surface area contributed by atoms with Crippen molar-refractivity contribution in [1.82, 2.24) is 15.1 Å². The molecule has 1 rings (SSSR count). The van der Waals surface area contributed by atoms with E-state index in [1.807, 2.05) is 60.4 Å². The number of thioether (sulfide) groups is 1. The van der Waals surface area contributed by atoms with Gasteiger partial charge in [-0.15, -0.1) is 11.8 Å². The summed E-state index contributed by atoms with van der Waals surface area (Å²) in [6, 6.07) is -1.46. The molecule has 1 aliphatic rings. The molecule has 0 aromatic rings. The van der Waals surface area contributed by atoms with E-state index in [4.69, 9.17) is 0 Å². The first kappa shape index (κ1) is 26.5. The maximum Gasteiger partial charge on any atom is 0.331 e. The van der Waals surface area contributed by atoms with Gasteiger partial charge in [-0.3, -0.25) is 14.5 Å². The molecule has 0 aliphatic carbocycles. The summed E-state index contributed by atoms with van der Waals surface area (Å²) in [5, 5.41) is 12.3. The highest BCUT2D eigenvalue weighted by molar-refractivity contribution is 8.00. The van der Waals surface area contributed by atoms with Crippen LogP contribution in [0.1, 0.15) is 55.4 Å². The van der Waals surface area contributed by atoms with Crippen LogP contribution in [0.15, 0.2) is 11.6 Å². The van der Waals surface area contributed by atoms with Gasteiger partial charge < -0.3 is 15.3 Å². The van der Waals surface area contributed by atoms with E-state index in [9.17, 15) is 19.5 Å². The Hall–Kier alpha value is -1.54. The van der Waals surface area contributed by atoms with Crippen molar-refractivity contribution >= 4 is 29.5 Å². The Balaban J connectivity index is 3.19. The quantitative estimate of drug-likeness (QED) is 0.591. The molecule has 0 radical (unpaired) electrons. The van der Waals surface area contributed by atoms with Gasteiger partial charge in [-0.25, -0.2) is 4.79 Å². The van der Waals surface area contributed by atoms with Crippen LogP contribution in [0.4, 0.5) is 0 Å². The molecular weight excluding hydrogens is 402 g/mol. The second-order valence-corrected chi connectivity index (χ2v) is 11.8. The number of rotatable bonds is 7. The van der Waals surface area contributed by atoms with E-state index in [2.05, 4.69) is 5.32 Å². The Bertz CT molecular complexity index is 697. The van der Waals surface area contributed by atoms with E-state index in [0.717, 1.165) is 5.88 Å². The molecule has 0 bridgehead atoms. The predicted octanol–water partition coefficient (Wildman–Crippen LogP) is 2.81. The van der Waals surface area contributed by atoms with Crippen molar-refractivity contribution in [2.75, 3.05) is 20.0 Å². The van der Waals surface area contributed by atoms with Gasteiger partial charge in [0, 0.05) is 23.2 Å². The number of carbonyl (C=O) groups is 3. The van der Waals surface area contributed by atoms with Crippen LogP contribution in [0.5, 0.6) is 0 Å². The molecule has 0 aromatic heterocycles. The molecule has 3 atom stereocenters. The topological polar surface area (TPSA) is 90.0 Å². The standard InChI is InChI=1S/C22H39N3O4S/c1-13(2)15(11-14(3)20(28)29)25(10)19(27)16(21(4,5)6)23-18(26)17-22(7,8)30-12-24(17)9/h11,13,15-17H,12H2,1-10H3,(H,23,26)(H,28,29)/b14-11+/t15?,16-,17?/m1/s1. The Morgan fingerprint density at radius 2 is 1.80 bits per heavy atom. The SMILES string of the molecule is C/C(=C\C(C(C)C)N(C)C(=O)[C@@H](NC(=O)C1N(C)CSC1(C)C)C(C)(C)C)C(=O)O. The van der Waals surface area contributed by atoms with Crippen molar-refractivity contribution in [3.8, 4) is 0 Å². The number of carboxylic acids is 1. The van der Waals surface area contributed by atoms with Gasteiger partial charge in [-0.05, 0) is 39.2 Å². The van der Waals surface area contributed by atoms with Crippen LogP contribution in [0.25, 0.3) is 0 Å². The van der Waals surface area contributed by atoms with Crippen molar-refractivity contribution in [3.05, 3.63) is 11.6 Å². The molecule has 2 amide bonds. The van der Waals surface area contributed by atoms with Crippen molar-refractivity contribution in [1.29, 1.82) is 0 Å². The number of nitrogens with zero attached hydrogens (tertiary/aromatic N) is 2. The summed E-state index contributed by atoms with van der Waals surface area (Å²) in [6.45, 7) is 15.3. The van der Waals surface area contributed by atoms with E-state index >= 15 is 0 Å². The van der Waals surface area contributed by atoms with E-state index in [1.54, 1.807) is 29.8 Å². The van der Waals surface area contributed by atoms with E-state index in [1.165, 1.54) is 6.92 Å². The van der Waals surface area contributed by atoms with Gasteiger partial charge in [0.15, 0.2) is 0 Å². The molecule has 2 N–H and O–H groups in total. The lowest BCUT2D eigenvalue weighted by Gasteiger charge is -2.39. The molecule has 1 aliphatic heterocycles. The maximum atomic E-state index is 13.5. The Morgan fingerprint density at radius 3 is 2.17 bits per heavy atom. The molecule has 1 saturated heterocycles. The fourth-order valence-electron chi connectivity index (χ4n) is 3.77. The summed E-state index contributed by atoms with van der Waals surface area (Å²) in [5.41, 5.74) is -0.321. The minimum absolute atomic E-state index is 0.0147. The lowest BCUT2D eigenvalue weighted by atomic mass is 9.84. The van der Waals surface area contributed by atoms with Gasteiger partial charge in [-0.2, -0.15) is 0 Å². The molecule has 2 unspecified atom stereocenters. The normalized spacial score (nSPS) is 22.0. The molecule has 8 heteroatoms. The third-order valence-electron chi connectivity index (χ3n) is 5.62. The number of nitrogens with one attached hydrogen (secondary N) is 1. The van der Waals surface area contributed by atoms with Gasteiger partial charge in [0.1, 0.15) is 12.1 Å². The summed E-state index contributed by atoms with van der Waals surface area (Å²) in [6.07, 6.45) is 1.61. The van der Waals surface area contributed by atoms with Crippen LogP contribution in [-0.4, -0.2) is 75.5 Å². The Kier molecular flexibility index (Phi) is 8.59. The fraction of sp³-hybridized carbons (Fsp3) is 0.773. The average Bonchev–Trinajstić information content (AvgIpc) is 2.87. The number of aliphatic carboxylic acids is 1. The van der Waals surface area contributed by atoms with Gasteiger partial charge in [0.05, 0.1) is 6.04 Å². The lowest BCUT2D eigenvalue weighted by molar-refractivity contribution is -0.141. The molecule has 0 saturated carbocycles. The molecule has 0 aromatic carbocycles. The van der Waals surface area contributed by atoms with Crippen LogP contribution >= 0.6 is 11.8 Å². The summed E-state index contributed by atoms with van der Waals surface area (Å²) in [4.78, 5) is 41.6. The van der Waals surface area contributed by atoms with Crippen LogP contribution in [0.3, 0.4) is 0 Å². The van der Waals surface area contributed by atoms with Gasteiger partial charge >= 0.3 is 5.97 Å². The summed E-state index contributed by atoms with van der Waals surface area (Å²) in [5.74, 6) is -0.622. The molecule has 30 heavy (non-hydrogen) atoms. The highest BCUT2D eigenvalue weighted by atomic mass is 32.2. The number of hydrogen-bond acceptors (Lipinski definition) is 5. The molecular formula is C22H39N3O4S. The highest BCUT2D eigenvalue weighted by Gasteiger charge is 2.46. The van der Waals surface area contributed by atoms with Crippen LogP contribution in [0.2, 0.25) is 0 Å². The van der Waals surface area contributed by atoms with E-state index in [0.29, 0.717) is 0 Å². The number of hydrogen-bond donors (Lipinski definition) is 2. The van der Waals surface area contributed by atoms with Crippen LogP contribution < -0.4 is 5.32 Å². The zero-order valence-electron chi connectivity index (χ0n) is 20.1. The van der Waals surface area contributed by atoms with Crippen molar-refractivity contribution < 1.29 is 19.5 Å². The van der Waals surface area contributed by atoms with E-state index in [-0.39, 0.29) is 34.1 Å². The second-order valence-electron chi connectivity index (χ2n) is 10.2. The highest BCUT2D eigenvalue weighted by Crippen LogP contribution is 2.38. The monoisotopic (exact) mass is 441 g/mol. The zero-order chi connectivity index (χ0) is 23.6. The molecule has 1 heterocycles. The first-order valence-corrected chi connectivity index (χ1v) is 11.3. The third kappa shape index (κ3) is 6.23. The zero-order valence-corrected chi connectivity index (χ0v) is 20.9. The van der Waals surface area contributed by atoms with Crippen molar-refractivity contribution in [2.24, 2.45) is 11.3 Å². The predicted molar refractivity (Wildman–Crippen MR) is 122 cm³/mol. The molecule has 1 fully saturated rings. The number of carboxylic acid groups (broad SMARTS) is 1. The maximum absolute atomic E-state index is 13.5. The molecule has 172 valence electrons. The van der Waals surface area contributed by atoms with Crippen LogP contribution in [-0.2, 0) is 14.4 Å². The van der Waals surface area contributed by atoms with Gasteiger partial charge in [0.25, 0.3) is 0 Å². The first-order valence-electron chi connectivity index (χ1n) is 10.3. The van der Waals surface area contributed by atoms with E-state index < -0.39 is 23.5 Å². The largest absolute Gasteiger partial charge is 0.478 e. The number of carbonyl (C=O) groups excluding carboxylic acids is 2. The summed E-state index contributed by atoms with van der Waals surface area (Å²) < 4.78 is -0.252. The second kappa shape index (κ2) is 9.73. The number of likely N-dealkylation sites (N-methyl/N-ethyl adjacent to an activating group) is 2. The summed E-state index contributed by atoms with van der Waals surface area (Å²) >= 11 is 1.72. The minimum atomic E-state index is -1.01. The Morgan fingerprint density at radius 1 is 1.27 bits per heavy atom. The first-order chi connectivity index (χ1) is 13.5. The molecule has 7 nitrogen and oxygen atoms in total. The summed E-state index contributed by atoms with van der Waals surface area (Å²) in [7, 11) is 3.59. The average molecular weight is 442 g/mol. The minimum Gasteiger partial charge on any atom is -0.478 e. The van der Waals surface area contributed by atoms with Crippen molar-refractivity contribution in [2.45, 2.75) is 78.3 Å². The van der Waals surface area contributed by atoms with Crippen LogP contribution in [0, 0.1) is 11.3 Å². The lowest BCUT2D eigenvalue weighted by Crippen LogP contribution is -2.60. The Labute approximate surface area is 185 Å². The van der Waals surface area contributed by atoms with Crippen molar-refractivity contribution in [3.63, 3.8) is 0 Å².